The lowest BCUT2D eigenvalue weighted by Gasteiger charge is -2.05. The lowest BCUT2D eigenvalue weighted by molar-refractivity contribution is -0.385. The maximum absolute atomic E-state index is 12.5. The van der Waals surface area contributed by atoms with Crippen LogP contribution in [0.2, 0.25) is 0 Å². The van der Waals surface area contributed by atoms with Crippen molar-refractivity contribution in [3.63, 3.8) is 0 Å². The van der Waals surface area contributed by atoms with Crippen LogP contribution in [0.3, 0.4) is 0 Å². The highest BCUT2D eigenvalue weighted by Crippen LogP contribution is 2.30. The lowest BCUT2D eigenvalue weighted by atomic mass is 10.2. The number of halogens is 2. The summed E-state index contributed by atoms with van der Waals surface area (Å²) in [5.74, 6) is 0.266. The second-order valence-electron chi connectivity index (χ2n) is 6.74. The smallest absolute Gasteiger partial charge is 0.387 e. The first-order valence-corrected chi connectivity index (χ1v) is 10.2. The number of nitro benzene ring substituents is 1. The number of amides is 1. The van der Waals surface area contributed by atoms with Gasteiger partial charge in [0.15, 0.2) is 10.9 Å². The van der Waals surface area contributed by atoms with Gasteiger partial charge in [-0.05, 0) is 49.4 Å². The van der Waals surface area contributed by atoms with E-state index in [1.807, 2.05) is 0 Å². The number of rotatable bonds is 8. The molecular weight excluding hydrogens is 460 g/mol. The zero-order chi connectivity index (χ0) is 23.5. The zero-order valence-electron chi connectivity index (χ0n) is 16.9. The van der Waals surface area contributed by atoms with Gasteiger partial charge in [-0.1, -0.05) is 11.3 Å². The van der Waals surface area contributed by atoms with Crippen LogP contribution < -0.4 is 14.8 Å². The Hall–Kier alpha value is -4.06. The number of furan rings is 1. The molecule has 2 heterocycles. The number of benzene rings is 2. The summed E-state index contributed by atoms with van der Waals surface area (Å²) in [7, 11) is 0. The van der Waals surface area contributed by atoms with Crippen LogP contribution in [0.25, 0.3) is 10.2 Å². The second kappa shape index (κ2) is 9.20. The van der Waals surface area contributed by atoms with Crippen LogP contribution in [0.5, 0.6) is 11.5 Å². The first kappa shape index (κ1) is 22.1. The van der Waals surface area contributed by atoms with Crippen molar-refractivity contribution < 1.29 is 32.4 Å². The van der Waals surface area contributed by atoms with Crippen molar-refractivity contribution >= 4 is 38.3 Å². The second-order valence-corrected chi connectivity index (χ2v) is 7.77. The van der Waals surface area contributed by atoms with Gasteiger partial charge in [-0.15, -0.1) is 0 Å². The molecular formula is C21H15F2N3O6S. The monoisotopic (exact) mass is 475 g/mol. The number of aryl methyl sites for hydroxylation is 1. The minimum absolute atomic E-state index is 0.00193. The van der Waals surface area contributed by atoms with E-state index >= 15 is 0 Å². The number of fused-ring (bicyclic) bond motifs is 1. The summed E-state index contributed by atoms with van der Waals surface area (Å²) in [4.78, 5) is 27.1. The predicted molar refractivity (Wildman–Crippen MR) is 115 cm³/mol. The van der Waals surface area contributed by atoms with Gasteiger partial charge in [0.1, 0.15) is 23.9 Å². The Balaban J connectivity index is 1.38. The van der Waals surface area contributed by atoms with Crippen molar-refractivity contribution in [3.05, 3.63) is 75.7 Å². The molecule has 0 bridgehead atoms. The summed E-state index contributed by atoms with van der Waals surface area (Å²) in [5, 5.41) is 13.8. The molecule has 1 N–H and O–H groups in total. The molecule has 0 aliphatic heterocycles. The number of nitrogens with zero attached hydrogens (tertiary/aromatic N) is 2. The van der Waals surface area contributed by atoms with E-state index in [-0.39, 0.29) is 28.9 Å². The molecule has 0 atom stereocenters. The molecule has 4 rings (SSSR count). The zero-order valence-corrected chi connectivity index (χ0v) is 17.7. The van der Waals surface area contributed by atoms with E-state index in [9.17, 15) is 23.7 Å². The molecule has 2 aromatic heterocycles. The van der Waals surface area contributed by atoms with Crippen LogP contribution >= 0.6 is 11.3 Å². The van der Waals surface area contributed by atoms with Crippen molar-refractivity contribution in [1.29, 1.82) is 0 Å². The maximum atomic E-state index is 12.5. The average Bonchev–Trinajstić information content (AvgIpc) is 3.38. The van der Waals surface area contributed by atoms with Gasteiger partial charge < -0.3 is 13.9 Å². The van der Waals surface area contributed by atoms with E-state index in [4.69, 9.17) is 9.15 Å². The van der Waals surface area contributed by atoms with E-state index in [2.05, 4.69) is 15.0 Å². The van der Waals surface area contributed by atoms with E-state index in [1.54, 1.807) is 19.1 Å². The Morgan fingerprint density at radius 3 is 2.73 bits per heavy atom. The predicted octanol–water partition coefficient (Wildman–Crippen LogP) is 5.54. The summed E-state index contributed by atoms with van der Waals surface area (Å²) in [6.07, 6.45) is 0. The number of thiazole rings is 1. The summed E-state index contributed by atoms with van der Waals surface area (Å²) >= 11 is 1.10. The molecule has 33 heavy (non-hydrogen) atoms. The first-order chi connectivity index (χ1) is 15.8. The summed E-state index contributed by atoms with van der Waals surface area (Å²) in [5.41, 5.74) is 0.969. The molecule has 9 nitrogen and oxygen atoms in total. The molecule has 1 amide bonds. The molecule has 0 unspecified atom stereocenters. The largest absolute Gasteiger partial charge is 0.486 e. The van der Waals surface area contributed by atoms with E-state index in [0.717, 1.165) is 11.3 Å². The topological polar surface area (TPSA) is 117 Å². The van der Waals surface area contributed by atoms with Crippen LogP contribution in [-0.4, -0.2) is 22.4 Å². The number of carbonyl (C=O) groups is 1. The van der Waals surface area contributed by atoms with Gasteiger partial charge in [0.2, 0.25) is 0 Å². The number of nitro groups is 1. The highest BCUT2D eigenvalue weighted by Gasteiger charge is 2.16. The minimum Gasteiger partial charge on any atom is -0.486 e. The standard InChI is InChI=1S/C21H15F2N3O6S/c1-11-8-12(3-6-16(11)26(28)29)30-10-14-4-7-17(31-14)19(27)25-21-24-15-5-2-13(32-20(22)23)9-18(15)33-21/h2-9,20H,10H2,1H3,(H,24,25,27). The fraction of sp³-hybridized carbons (Fsp3) is 0.143. The number of hydrogen-bond acceptors (Lipinski definition) is 8. The molecule has 0 saturated heterocycles. The number of ether oxygens (including phenoxy) is 2. The Bertz CT molecular complexity index is 1340. The van der Waals surface area contributed by atoms with Gasteiger partial charge in [-0.3, -0.25) is 20.2 Å². The highest BCUT2D eigenvalue weighted by atomic mass is 32.1. The third-order valence-corrected chi connectivity index (χ3v) is 5.37. The molecule has 4 aromatic rings. The Labute approximate surface area is 188 Å². The van der Waals surface area contributed by atoms with Crippen molar-refractivity contribution in [1.82, 2.24) is 4.98 Å². The third-order valence-electron chi connectivity index (χ3n) is 4.44. The first-order valence-electron chi connectivity index (χ1n) is 9.42. The van der Waals surface area contributed by atoms with Crippen molar-refractivity contribution in [3.8, 4) is 11.5 Å². The lowest BCUT2D eigenvalue weighted by Crippen LogP contribution is -2.10. The molecule has 0 fully saturated rings. The van der Waals surface area contributed by atoms with Gasteiger partial charge in [-0.25, -0.2) is 4.98 Å². The number of alkyl halides is 2. The van der Waals surface area contributed by atoms with Gasteiger partial charge in [-0.2, -0.15) is 8.78 Å². The molecule has 0 saturated carbocycles. The maximum Gasteiger partial charge on any atom is 0.387 e. The Kier molecular flexibility index (Phi) is 6.18. The van der Waals surface area contributed by atoms with E-state index in [1.165, 1.54) is 36.4 Å². The van der Waals surface area contributed by atoms with E-state index in [0.29, 0.717) is 27.3 Å². The SMILES string of the molecule is Cc1cc(OCc2ccc(C(=O)Nc3nc4ccc(OC(F)F)cc4s3)o2)ccc1[N+](=O)[O-]. The van der Waals surface area contributed by atoms with Crippen LogP contribution in [0.1, 0.15) is 21.9 Å². The van der Waals surface area contributed by atoms with Crippen molar-refractivity contribution in [2.45, 2.75) is 20.1 Å². The van der Waals surface area contributed by atoms with Crippen LogP contribution in [-0.2, 0) is 6.61 Å². The van der Waals surface area contributed by atoms with Gasteiger partial charge >= 0.3 is 6.61 Å². The van der Waals surface area contributed by atoms with Crippen LogP contribution in [0.15, 0.2) is 52.9 Å². The van der Waals surface area contributed by atoms with Gasteiger partial charge in [0.25, 0.3) is 11.6 Å². The molecule has 0 aliphatic rings. The average molecular weight is 475 g/mol. The molecule has 12 heteroatoms. The number of nitrogens with one attached hydrogen (secondary N) is 1. The number of carbonyl (C=O) groups excluding carboxylic acids is 1. The van der Waals surface area contributed by atoms with Crippen LogP contribution in [0.4, 0.5) is 19.6 Å². The van der Waals surface area contributed by atoms with E-state index < -0.39 is 17.4 Å². The van der Waals surface area contributed by atoms with Gasteiger partial charge in [0, 0.05) is 11.6 Å². The molecule has 170 valence electrons. The number of anilines is 1. The summed E-state index contributed by atoms with van der Waals surface area (Å²) in [6.45, 7) is -1.32. The molecule has 0 spiro atoms. The number of hydrogen-bond donors (Lipinski definition) is 1. The Morgan fingerprint density at radius 1 is 1.21 bits per heavy atom. The fourth-order valence-corrected chi connectivity index (χ4v) is 3.84. The Morgan fingerprint density at radius 2 is 2.00 bits per heavy atom. The summed E-state index contributed by atoms with van der Waals surface area (Å²) < 4.78 is 40.7. The molecule has 0 radical (unpaired) electrons. The van der Waals surface area contributed by atoms with Crippen LogP contribution in [0, 0.1) is 17.0 Å². The highest BCUT2D eigenvalue weighted by molar-refractivity contribution is 7.22. The third kappa shape index (κ3) is 5.23. The summed E-state index contributed by atoms with van der Waals surface area (Å²) in [6, 6.07) is 11.7. The van der Waals surface area contributed by atoms with Crippen molar-refractivity contribution in [2.75, 3.05) is 5.32 Å². The minimum atomic E-state index is -2.93. The quantitative estimate of drug-likeness (QED) is 0.263. The number of aromatic nitrogens is 1. The fourth-order valence-electron chi connectivity index (χ4n) is 2.95. The van der Waals surface area contributed by atoms with Gasteiger partial charge in [0.05, 0.1) is 15.1 Å². The normalized spacial score (nSPS) is 11.0. The molecule has 2 aromatic carbocycles. The van der Waals surface area contributed by atoms with Crippen molar-refractivity contribution in [2.24, 2.45) is 0 Å². The molecule has 0 aliphatic carbocycles.